The highest BCUT2D eigenvalue weighted by atomic mass is 19.4. The summed E-state index contributed by atoms with van der Waals surface area (Å²) < 4.78 is 72.9. The maximum absolute atomic E-state index is 12.6. The summed E-state index contributed by atoms with van der Waals surface area (Å²) in [4.78, 5) is 0. The fourth-order valence-corrected chi connectivity index (χ4v) is 0.672. The first-order valence-corrected chi connectivity index (χ1v) is 3.18. The molecule has 0 bridgehead atoms. The summed E-state index contributed by atoms with van der Waals surface area (Å²) in [5, 5.41) is 5.13. The Kier molecular flexibility index (Phi) is 2.20. The minimum Gasteiger partial charge on any atom is -0.222 e. The van der Waals surface area contributed by atoms with E-state index in [2.05, 4.69) is 10.3 Å². The van der Waals surface area contributed by atoms with Crippen LogP contribution < -0.4 is 0 Å². The van der Waals surface area contributed by atoms with Crippen LogP contribution >= 0.6 is 0 Å². The number of alkyl halides is 5. The SMILES string of the molecule is Cn1nnc(C(F)(F)C(F)(F)F)c1F. The number of hydrogen-bond donors (Lipinski definition) is 0. The molecule has 0 atom stereocenters. The van der Waals surface area contributed by atoms with Crippen molar-refractivity contribution in [1.29, 1.82) is 0 Å². The first-order chi connectivity index (χ1) is 6.18. The monoisotopic (exact) mass is 219 g/mol. The van der Waals surface area contributed by atoms with Crippen LogP contribution in [0.15, 0.2) is 0 Å². The zero-order valence-corrected chi connectivity index (χ0v) is 6.61. The maximum Gasteiger partial charge on any atom is 0.460 e. The standard InChI is InChI=1S/C5H3F6N3/c1-14-3(6)2(12-13-14)4(7,8)5(9,10)11/h1H3. The minimum absolute atomic E-state index is 0.189. The van der Waals surface area contributed by atoms with E-state index in [1.165, 1.54) is 0 Å². The summed E-state index contributed by atoms with van der Waals surface area (Å²) >= 11 is 0. The van der Waals surface area contributed by atoms with Gasteiger partial charge in [0.15, 0.2) is 5.69 Å². The van der Waals surface area contributed by atoms with Gasteiger partial charge < -0.3 is 0 Å². The lowest BCUT2D eigenvalue weighted by molar-refractivity contribution is -0.292. The van der Waals surface area contributed by atoms with Crippen molar-refractivity contribution in [2.75, 3.05) is 0 Å². The third kappa shape index (κ3) is 1.42. The predicted molar refractivity (Wildman–Crippen MR) is 30.9 cm³/mol. The molecule has 0 aliphatic rings. The van der Waals surface area contributed by atoms with E-state index in [-0.39, 0.29) is 4.68 Å². The predicted octanol–water partition coefficient (Wildman–Crippen LogP) is 1.61. The normalized spacial score (nSPS) is 13.4. The molecular formula is C5H3F6N3. The largest absolute Gasteiger partial charge is 0.460 e. The van der Waals surface area contributed by atoms with Crippen LogP contribution in [-0.2, 0) is 13.0 Å². The molecule has 0 aromatic carbocycles. The topological polar surface area (TPSA) is 30.7 Å². The lowest BCUT2D eigenvalue weighted by Crippen LogP contribution is -2.35. The molecule has 0 amide bonds. The highest BCUT2D eigenvalue weighted by molar-refractivity contribution is 5.07. The Balaban J connectivity index is 3.23. The van der Waals surface area contributed by atoms with Gasteiger partial charge in [0.2, 0.25) is 5.95 Å². The highest BCUT2D eigenvalue weighted by Crippen LogP contribution is 2.43. The van der Waals surface area contributed by atoms with Crippen molar-refractivity contribution in [2.45, 2.75) is 12.1 Å². The van der Waals surface area contributed by atoms with Crippen molar-refractivity contribution in [3.63, 3.8) is 0 Å². The van der Waals surface area contributed by atoms with E-state index in [0.29, 0.717) is 0 Å². The van der Waals surface area contributed by atoms with Gasteiger partial charge in [-0.05, 0) is 0 Å². The second-order valence-electron chi connectivity index (χ2n) is 2.42. The van der Waals surface area contributed by atoms with Crippen molar-refractivity contribution < 1.29 is 26.3 Å². The van der Waals surface area contributed by atoms with Gasteiger partial charge in [0, 0.05) is 7.05 Å². The number of hydrogen-bond acceptors (Lipinski definition) is 2. The molecule has 1 aromatic heterocycles. The number of aryl methyl sites for hydroxylation is 1. The smallest absolute Gasteiger partial charge is 0.222 e. The van der Waals surface area contributed by atoms with Gasteiger partial charge in [0.05, 0.1) is 0 Å². The summed E-state index contributed by atoms with van der Waals surface area (Å²) in [6.45, 7) is 0. The van der Waals surface area contributed by atoms with Gasteiger partial charge >= 0.3 is 12.1 Å². The maximum atomic E-state index is 12.6. The average Bonchev–Trinajstić information content (AvgIpc) is 2.30. The molecule has 1 aromatic rings. The van der Waals surface area contributed by atoms with Crippen LogP contribution in [0.2, 0.25) is 0 Å². The van der Waals surface area contributed by atoms with Crippen LogP contribution in [0.3, 0.4) is 0 Å². The van der Waals surface area contributed by atoms with Crippen LogP contribution in [0.1, 0.15) is 5.69 Å². The Bertz CT molecular complexity index is 340. The molecule has 3 nitrogen and oxygen atoms in total. The van der Waals surface area contributed by atoms with Crippen molar-refractivity contribution in [1.82, 2.24) is 15.0 Å². The van der Waals surface area contributed by atoms with Crippen molar-refractivity contribution in [3.8, 4) is 0 Å². The molecule has 0 aliphatic carbocycles. The third-order valence-electron chi connectivity index (χ3n) is 1.41. The lowest BCUT2D eigenvalue weighted by Gasteiger charge is -2.16. The van der Waals surface area contributed by atoms with E-state index in [9.17, 15) is 26.3 Å². The van der Waals surface area contributed by atoms with Crippen LogP contribution in [0.4, 0.5) is 26.3 Å². The average molecular weight is 219 g/mol. The second-order valence-corrected chi connectivity index (χ2v) is 2.42. The molecule has 80 valence electrons. The third-order valence-corrected chi connectivity index (χ3v) is 1.41. The zero-order chi connectivity index (χ0) is 11.1. The molecule has 0 N–H and O–H groups in total. The summed E-state index contributed by atoms with van der Waals surface area (Å²) in [6.07, 6.45) is -5.89. The van der Waals surface area contributed by atoms with Crippen LogP contribution in [0, 0.1) is 5.95 Å². The fraction of sp³-hybridized carbons (Fsp3) is 0.600. The Morgan fingerprint density at radius 2 is 1.64 bits per heavy atom. The van der Waals surface area contributed by atoms with Crippen molar-refractivity contribution in [3.05, 3.63) is 11.6 Å². The number of aromatic nitrogens is 3. The summed E-state index contributed by atoms with van der Waals surface area (Å²) in [7, 11) is 0.859. The van der Waals surface area contributed by atoms with Crippen molar-refractivity contribution in [2.24, 2.45) is 7.05 Å². The fourth-order valence-electron chi connectivity index (χ4n) is 0.672. The molecule has 14 heavy (non-hydrogen) atoms. The molecule has 0 unspecified atom stereocenters. The summed E-state index contributed by atoms with van der Waals surface area (Å²) in [5.41, 5.74) is -2.02. The van der Waals surface area contributed by atoms with E-state index >= 15 is 0 Å². The van der Waals surface area contributed by atoms with Gasteiger partial charge in [0.1, 0.15) is 0 Å². The molecule has 0 aliphatic heterocycles. The van der Waals surface area contributed by atoms with Gasteiger partial charge in [-0.3, -0.25) is 0 Å². The summed E-state index contributed by atoms with van der Waals surface area (Å²) in [5.74, 6) is -7.14. The van der Waals surface area contributed by atoms with Gasteiger partial charge in [-0.25, -0.2) is 4.68 Å². The Morgan fingerprint density at radius 1 is 1.14 bits per heavy atom. The van der Waals surface area contributed by atoms with Gasteiger partial charge in [-0.15, -0.1) is 5.10 Å². The molecule has 0 saturated carbocycles. The molecule has 9 heteroatoms. The van der Waals surface area contributed by atoms with Crippen LogP contribution in [0.5, 0.6) is 0 Å². The van der Waals surface area contributed by atoms with E-state index in [1.807, 2.05) is 0 Å². The van der Waals surface area contributed by atoms with Crippen molar-refractivity contribution >= 4 is 0 Å². The zero-order valence-electron chi connectivity index (χ0n) is 6.61. The second kappa shape index (κ2) is 2.85. The lowest BCUT2D eigenvalue weighted by atomic mass is 10.2. The Morgan fingerprint density at radius 3 is 1.93 bits per heavy atom. The van der Waals surface area contributed by atoms with E-state index in [0.717, 1.165) is 7.05 Å². The minimum atomic E-state index is -5.89. The molecule has 0 spiro atoms. The molecule has 0 fully saturated rings. The Hall–Kier alpha value is -1.28. The van der Waals surface area contributed by atoms with Crippen LogP contribution in [-0.4, -0.2) is 21.2 Å². The summed E-state index contributed by atoms with van der Waals surface area (Å²) in [6, 6.07) is 0. The quantitative estimate of drug-likeness (QED) is 0.671. The van der Waals surface area contributed by atoms with Crippen LogP contribution in [0.25, 0.3) is 0 Å². The van der Waals surface area contributed by atoms with Gasteiger partial charge in [0.25, 0.3) is 0 Å². The molecular weight excluding hydrogens is 216 g/mol. The number of halogens is 6. The van der Waals surface area contributed by atoms with E-state index < -0.39 is 23.7 Å². The van der Waals surface area contributed by atoms with Gasteiger partial charge in [-0.1, -0.05) is 5.21 Å². The van der Waals surface area contributed by atoms with Gasteiger partial charge in [-0.2, -0.15) is 26.3 Å². The highest BCUT2D eigenvalue weighted by Gasteiger charge is 2.62. The van der Waals surface area contributed by atoms with E-state index in [1.54, 1.807) is 0 Å². The molecule has 1 rings (SSSR count). The number of rotatable bonds is 1. The first kappa shape index (κ1) is 10.8. The Labute approximate surface area is 73.3 Å². The first-order valence-electron chi connectivity index (χ1n) is 3.18. The molecule has 0 radical (unpaired) electrons. The number of nitrogens with zero attached hydrogens (tertiary/aromatic N) is 3. The molecule has 0 saturated heterocycles. The van der Waals surface area contributed by atoms with E-state index in [4.69, 9.17) is 0 Å². The molecule has 1 heterocycles.